The molecule has 0 radical (unpaired) electrons. The summed E-state index contributed by atoms with van der Waals surface area (Å²) < 4.78 is 5.24. The van der Waals surface area contributed by atoms with E-state index >= 15 is 0 Å². The Labute approximate surface area is 170 Å². The summed E-state index contributed by atoms with van der Waals surface area (Å²) in [6.45, 7) is 2.47. The van der Waals surface area contributed by atoms with Crippen molar-refractivity contribution in [1.29, 1.82) is 0 Å². The molecule has 4 heteroatoms. The number of benzene rings is 3. The Bertz CT molecular complexity index is 965. The second kappa shape index (κ2) is 9.25. The Morgan fingerprint density at radius 3 is 2.25 bits per heavy atom. The Morgan fingerprint density at radius 2 is 1.61 bits per heavy atom. The molecule has 0 bridgehead atoms. The van der Waals surface area contributed by atoms with Gasteiger partial charge in [-0.25, -0.2) is 0 Å². The van der Waals surface area contributed by atoms with Crippen LogP contribution in [-0.2, 0) is 0 Å². The summed E-state index contributed by atoms with van der Waals surface area (Å²) in [6, 6.07) is 24.6. The first-order chi connectivity index (χ1) is 13.6. The monoisotopic (exact) mass is 391 g/mol. The van der Waals surface area contributed by atoms with E-state index < -0.39 is 0 Å². The fourth-order valence-corrected chi connectivity index (χ4v) is 3.17. The van der Waals surface area contributed by atoms with Gasteiger partial charge in [0.1, 0.15) is 5.75 Å². The van der Waals surface area contributed by atoms with Gasteiger partial charge in [0.2, 0.25) is 0 Å². The average molecular weight is 392 g/mol. The number of methoxy groups -OCH3 is 1. The number of amides is 1. The van der Waals surface area contributed by atoms with E-state index in [1.165, 1.54) is 0 Å². The van der Waals surface area contributed by atoms with Crippen molar-refractivity contribution in [3.63, 3.8) is 0 Å². The van der Waals surface area contributed by atoms with Crippen molar-refractivity contribution in [3.8, 4) is 5.75 Å². The minimum atomic E-state index is -0.142. The third kappa shape index (κ3) is 4.81. The molecular formula is C24H22ClNO2. The molecule has 3 nitrogen and oxygen atoms in total. The number of nitrogens with zero attached hydrogens (tertiary/aromatic N) is 1. The maximum Gasteiger partial charge on any atom is 0.260 e. The van der Waals surface area contributed by atoms with Crippen LogP contribution < -0.4 is 9.64 Å². The van der Waals surface area contributed by atoms with Gasteiger partial charge in [-0.1, -0.05) is 65.7 Å². The standard InChI is InChI=1S/C24H22ClNO2/c1-18(16-19-8-4-3-5-9-19)17-26(20-12-14-21(28-2)15-13-20)24(27)22-10-6-7-11-23(22)25/h3-16H,17H2,1-2H3/b18-16+. The summed E-state index contributed by atoms with van der Waals surface area (Å²) in [5, 5.41) is 0.440. The number of anilines is 1. The second-order valence-electron chi connectivity index (χ2n) is 6.47. The molecule has 3 rings (SSSR count). The summed E-state index contributed by atoms with van der Waals surface area (Å²) in [4.78, 5) is 15.0. The average Bonchev–Trinajstić information content (AvgIpc) is 2.73. The molecule has 0 aromatic heterocycles. The van der Waals surface area contributed by atoms with E-state index in [0.717, 1.165) is 22.6 Å². The van der Waals surface area contributed by atoms with Gasteiger partial charge in [-0.15, -0.1) is 0 Å². The third-order valence-corrected chi connectivity index (χ3v) is 4.68. The molecule has 1 amide bonds. The fraction of sp³-hybridized carbons (Fsp3) is 0.125. The molecule has 0 fully saturated rings. The van der Waals surface area contributed by atoms with Crippen LogP contribution in [-0.4, -0.2) is 19.6 Å². The SMILES string of the molecule is COc1ccc(N(C/C(C)=C/c2ccccc2)C(=O)c2ccccc2Cl)cc1. The predicted octanol–water partition coefficient (Wildman–Crippen LogP) is 6.10. The lowest BCUT2D eigenvalue weighted by atomic mass is 10.1. The Hall–Kier alpha value is -3.04. The number of carbonyl (C=O) groups excluding carboxylic acids is 1. The van der Waals surface area contributed by atoms with Crippen LogP contribution in [0, 0.1) is 0 Å². The molecule has 0 heterocycles. The van der Waals surface area contributed by atoms with Gasteiger partial charge in [0.05, 0.1) is 17.7 Å². The normalized spacial score (nSPS) is 11.2. The molecule has 0 aliphatic carbocycles. The number of rotatable bonds is 6. The second-order valence-corrected chi connectivity index (χ2v) is 6.88. The minimum absolute atomic E-state index is 0.142. The molecular weight excluding hydrogens is 370 g/mol. The van der Waals surface area contributed by atoms with E-state index in [2.05, 4.69) is 6.08 Å². The van der Waals surface area contributed by atoms with Crippen LogP contribution in [0.3, 0.4) is 0 Å². The maximum atomic E-state index is 13.3. The molecule has 142 valence electrons. The van der Waals surface area contributed by atoms with Crippen LogP contribution in [0.4, 0.5) is 5.69 Å². The van der Waals surface area contributed by atoms with Gasteiger partial charge in [0, 0.05) is 12.2 Å². The number of halogens is 1. The summed E-state index contributed by atoms with van der Waals surface area (Å²) in [7, 11) is 1.62. The predicted molar refractivity (Wildman–Crippen MR) is 116 cm³/mol. The molecule has 0 spiro atoms. The summed E-state index contributed by atoms with van der Waals surface area (Å²) in [5.41, 5.74) is 3.42. The van der Waals surface area contributed by atoms with Gasteiger partial charge >= 0.3 is 0 Å². The van der Waals surface area contributed by atoms with Crippen LogP contribution in [0.1, 0.15) is 22.8 Å². The van der Waals surface area contributed by atoms with E-state index in [-0.39, 0.29) is 5.91 Å². The zero-order valence-electron chi connectivity index (χ0n) is 15.9. The van der Waals surface area contributed by atoms with E-state index in [9.17, 15) is 4.79 Å². The van der Waals surface area contributed by atoms with Crippen molar-refractivity contribution < 1.29 is 9.53 Å². The van der Waals surface area contributed by atoms with E-state index in [1.54, 1.807) is 24.1 Å². The van der Waals surface area contributed by atoms with E-state index in [4.69, 9.17) is 16.3 Å². The molecule has 28 heavy (non-hydrogen) atoms. The van der Waals surface area contributed by atoms with Gasteiger partial charge in [-0.05, 0) is 48.9 Å². The van der Waals surface area contributed by atoms with Crippen LogP contribution in [0.25, 0.3) is 6.08 Å². The van der Waals surface area contributed by atoms with Gasteiger partial charge in [-0.2, -0.15) is 0 Å². The molecule has 0 aliphatic heterocycles. The zero-order valence-corrected chi connectivity index (χ0v) is 16.7. The van der Waals surface area contributed by atoms with Crippen LogP contribution in [0.5, 0.6) is 5.75 Å². The lowest BCUT2D eigenvalue weighted by molar-refractivity contribution is 0.0989. The van der Waals surface area contributed by atoms with Crippen LogP contribution >= 0.6 is 11.6 Å². The molecule has 3 aromatic carbocycles. The zero-order chi connectivity index (χ0) is 19.9. The van der Waals surface area contributed by atoms with Gasteiger partial charge < -0.3 is 9.64 Å². The lowest BCUT2D eigenvalue weighted by Crippen LogP contribution is -2.32. The summed E-state index contributed by atoms with van der Waals surface area (Å²) >= 11 is 6.28. The number of hydrogen-bond donors (Lipinski definition) is 0. The van der Waals surface area contributed by atoms with Crippen molar-refractivity contribution in [2.24, 2.45) is 0 Å². The lowest BCUT2D eigenvalue weighted by Gasteiger charge is -2.24. The first kappa shape index (κ1) is 19.7. The Morgan fingerprint density at radius 1 is 0.964 bits per heavy atom. The van der Waals surface area contributed by atoms with E-state index in [0.29, 0.717) is 17.1 Å². The van der Waals surface area contributed by atoms with Gasteiger partial charge in [0.15, 0.2) is 0 Å². The van der Waals surface area contributed by atoms with Crippen LogP contribution in [0.15, 0.2) is 84.4 Å². The largest absolute Gasteiger partial charge is 0.497 e. The quantitative estimate of drug-likeness (QED) is 0.508. The highest BCUT2D eigenvalue weighted by molar-refractivity contribution is 6.34. The number of ether oxygens (including phenoxy) is 1. The molecule has 3 aromatic rings. The number of carbonyl (C=O) groups is 1. The minimum Gasteiger partial charge on any atom is -0.497 e. The first-order valence-electron chi connectivity index (χ1n) is 9.01. The van der Waals surface area contributed by atoms with Crippen molar-refractivity contribution in [1.82, 2.24) is 0 Å². The topological polar surface area (TPSA) is 29.5 Å². The van der Waals surface area contributed by atoms with Crippen molar-refractivity contribution in [2.45, 2.75) is 6.92 Å². The summed E-state index contributed by atoms with van der Waals surface area (Å²) in [6.07, 6.45) is 2.08. The highest BCUT2D eigenvalue weighted by atomic mass is 35.5. The number of hydrogen-bond acceptors (Lipinski definition) is 2. The molecule has 0 aliphatic rings. The van der Waals surface area contributed by atoms with Crippen molar-refractivity contribution in [3.05, 3.63) is 101 Å². The van der Waals surface area contributed by atoms with Gasteiger partial charge in [0.25, 0.3) is 5.91 Å². The highest BCUT2D eigenvalue weighted by Gasteiger charge is 2.20. The summed E-state index contributed by atoms with van der Waals surface area (Å²) in [5.74, 6) is 0.599. The Balaban J connectivity index is 1.95. The molecule has 0 saturated heterocycles. The third-order valence-electron chi connectivity index (χ3n) is 4.35. The van der Waals surface area contributed by atoms with Crippen LogP contribution in [0.2, 0.25) is 5.02 Å². The van der Waals surface area contributed by atoms with Crippen molar-refractivity contribution >= 4 is 29.3 Å². The van der Waals surface area contributed by atoms with Gasteiger partial charge in [-0.3, -0.25) is 4.79 Å². The Kier molecular flexibility index (Phi) is 6.51. The molecule has 0 N–H and O–H groups in total. The highest BCUT2D eigenvalue weighted by Crippen LogP contribution is 2.25. The molecule has 0 saturated carbocycles. The van der Waals surface area contributed by atoms with Crippen molar-refractivity contribution in [2.75, 3.05) is 18.6 Å². The molecule has 0 unspecified atom stereocenters. The maximum absolute atomic E-state index is 13.3. The van der Waals surface area contributed by atoms with E-state index in [1.807, 2.05) is 73.7 Å². The smallest absolute Gasteiger partial charge is 0.260 e. The fourth-order valence-electron chi connectivity index (χ4n) is 2.95. The first-order valence-corrected chi connectivity index (χ1v) is 9.39. The molecule has 0 atom stereocenters.